The number of nitrogens with zero attached hydrogens (tertiary/aromatic N) is 1. The number of amidine groups is 1. The van der Waals surface area contributed by atoms with Gasteiger partial charge in [-0.3, -0.25) is 4.99 Å². The molecule has 0 saturated carbocycles. The van der Waals surface area contributed by atoms with Crippen LogP contribution in [-0.2, 0) is 6.42 Å². The average Bonchev–Trinajstić information content (AvgIpc) is 2.29. The highest BCUT2D eigenvalue weighted by Gasteiger charge is 2.26. The van der Waals surface area contributed by atoms with Crippen molar-refractivity contribution in [2.45, 2.75) is 43.9 Å². The van der Waals surface area contributed by atoms with E-state index < -0.39 is 0 Å². The summed E-state index contributed by atoms with van der Waals surface area (Å²) in [7, 11) is 0. The van der Waals surface area contributed by atoms with Gasteiger partial charge < -0.3 is 5.32 Å². The third kappa shape index (κ3) is 2.41. The first kappa shape index (κ1) is 12.1. The molecule has 2 nitrogen and oxygen atoms in total. The first-order valence-electron chi connectivity index (χ1n) is 6.78. The minimum absolute atomic E-state index is 0.564. The Balaban J connectivity index is 1.62. The van der Waals surface area contributed by atoms with Gasteiger partial charge in [-0.15, -0.1) is 0 Å². The number of aliphatic imine (C=N–C) groups is 1. The molecule has 0 aromatic heterocycles. The number of rotatable bonds is 2. The molecule has 3 atom stereocenters. The molecule has 1 aromatic rings. The minimum Gasteiger partial charge on any atom is -0.362 e. The van der Waals surface area contributed by atoms with Gasteiger partial charge in [0, 0.05) is 23.8 Å². The predicted molar refractivity (Wildman–Crippen MR) is 79.5 cm³/mol. The van der Waals surface area contributed by atoms with E-state index in [1.165, 1.54) is 24.0 Å². The number of nitrogens with one attached hydrogen (secondary N) is 1. The van der Waals surface area contributed by atoms with Crippen LogP contribution in [0.4, 0.5) is 0 Å². The third-order valence-corrected chi connectivity index (χ3v) is 4.85. The van der Waals surface area contributed by atoms with Crippen LogP contribution in [0.25, 0.3) is 0 Å². The Bertz CT molecular complexity index is 457. The monoisotopic (exact) mass is 260 g/mol. The van der Waals surface area contributed by atoms with Crippen LogP contribution < -0.4 is 5.32 Å². The van der Waals surface area contributed by atoms with E-state index in [1.807, 2.05) is 11.8 Å². The second-order valence-electron chi connectivity index (χ2n) is 5.46. The van der Waals surface area contributed by atoms with Crippen LogP contribution in [0, 0.1) is 0 Å². The largest absolute Gasteiger partial charge is 0.362 e. The molecule has 1 heterocycles. The Labute approximate surface area is 113 Å². The van der Waals surface area contributed by atoms with Gasteiger partial charge in [-0.05, 0) is 30.9 Å². The second kappa shape index (κ2) is 4.96. The molecular formula is C15H20N2S. The van der Waals surface area contributed by atoms with E-state index in [0.717, 1.165) is 11.7 Å². The fraction of sp³-hybridized carbons (Fsp3) is 0.533. The van der Waals surface area contributed by atoms with Crippen molar-refractivity contribution in [1.82, 2.24) is 5.32 Å². The molecule has 1 fully saturated rings. The van der Waals surface area contributed by atoms with E-state index in [-0.39, 0.29) is 0 Å². The number of fused-ring (bicyclic) bond motifs is 1. The van der Waals surface area contributed by atoms with Crippen LogP contribution >= 0.6 is 11.8 Å². The maximum atomic E-state index is 4.77. The molecule has 0 bridgehead atoms. The fourth-order valence-electron chi connectivity index (χ4n) is 2.84. The van der Waals surface area contributed by atoms with Crippen molar-refractivity contribution < 1.29 is 0 Å². The Kier molecular flexibility index (Phi) is 3.33. The van der Waals surface area contributed by atoms with Gasteiger partial charge in [-0.25, -0.2) is 0 Å². The number of benzene rings is 1. The summed E-state index contributed by atoms with van der Waals surface area (Å²) in [4.78, 5) is 4.77. The van der Waals surface area contributed by atoms with Crippen LogP contribution in [0.5, 0.6) is 0 Å². The van der Waals surface area contributed by atoms with E-state index in [1.54, 1.807) is 0 Å². The minimum atomic E-state index is 0.564. The van der Waals surface area contributed by atoms with Crippen molar-refractivity contribution in [2.24, 2.45) is 4.99 Å². The van der Waals surface area contributed by atoms with E-state index in [0.29, 0.717) is 17.2 Å². The van der Waals surface area contributed by atoms with Crippen LogP contribution in [0.15, 0.2) is 29.3 Å². The summed E-state index contributed by atoms with van der Waals surface area (Å²) in [6.45, 7) is 5.46. The van der Waals surface area contributed by atoms with Crippen molar-refractivity contribution in [3.8, 4) is 0 Å². The zero-order valence-corrected chi connectivity index (χ0v) is 11.8. The normalized spacial score (nSPS) is 32.6. The molecule has 1 N–H and O–H groups in total. The maximum absolute atomic E-state index is 4.77. The van der Waals surface area contributed by atoms with Crippen molar-refractivity contribution in [2.75, 3.05) is 6.54 Å². The molecule has 0 spiro atoms. The van der Waals surface area contributed by atoms with Gasteiger partial charge in [0.25, 0.3) is 0 Å². The molecule has 96 valence electrons. The highest BCUT2D eigenvalue weighted by Crippen LogP contribution is 2.35. The molecule has 1 aliphatic heterocycles. The molecule has 1 aliphatic carbocycles. The van der Waals surface area contributed by atoms with E-state index in [9.17, 15) is 0 Å². The van der Waals surface area contributed by atoms with Crippen LogP contribution in [-0.4, -0.2) is 23.0 Å². The van der Waals surface area contributed by atoms with Gasteiger partial charge in [0.1, 0.15) is 0 Å². The zero-order chi connectivity index (χ0) is 12.5. The summed E-state index contributed by atoms with van der Waals surface area (Å²) < 4.78 is 0. The molecule has 3 rings (SSSR count). The van der Waals surface area contributed by atoms with Crippen LogP contribution in [0.3, 0.4) is 0 Å². The first-order valence-corrected chi connectivity index (χ1v) is 7.66. The van der Waals surface area contributed by atoms with Crippen LogP contribution in [0.2, 0.25) is 0 Å². The molecule has 3 heteroatoms. The SMILES string of the molecule is CC1CC(C)SC(=NCC2Cc3ccccc32)N1. The van der Waals surface area contributed by atoms with E-state index >= 15 is 0 Å². The smallest absolute Gasteiger partial charge is 0.157 e. The predicted octanol–water partition coefficient (Wildman–Crippen LogP) is 3.19. The number of hydrogen-bond acceptors (Lipinski definition) is 2. The third-order valence-electron chi connectivity index (χ3n) is 3.78. The highest BCUT2D eigenvalue weighted by atomic mass is 32.2. The van der Waals surface area contributed by atoms with Gasteiger partial charge in [-0.1, -0.05) is 43.0 Å². The quantitative estimate of drug-likeness (QED) is 0.883. The molecule has 18 heavy (non-hydrogen) atoms. The summed E-state index contributed by atoms with van der Waals surface area (Å²) in [6, 6.07) is 9.31. The lowest BCUT2D eigenvalue weighted by Gasteiger charge is -2.30. The molecule has 1 saturated heterocycles. The van der Waals surface area contributed by atoms with Gasteiger partial charge in [0.2, 0.25) is 0 Å². The summed E-state index contributed by atoms with van der Waals surface area (Å²) >= 11 is 1.89. The molecule has 0 amide bonds. The number of hydrogen-bond donors (Lipinski definition) is 1. The van der Waals surface area contributed by atoms with Crippen molar-refractivity contribution >= 4 is 16.9 Å². The highest BCUT2D eigenvalue weighted by molar-refractivity contribution is 8.14. The maximum Gasteiger partial charge on any atom is 0.157 e. The van der Waals surface area contributed by atoms with Crippen molar-refractivity contribution in [3.05, 3.63) is 35.4 Å². The number of thioether (sulfide) groups is 1. The standard InChI is InChI=1S/C15H20N2S/c1-10-7-11(2)18-15(17-10)16-9-13-8-12-5-3-4-6-14(12)13/h3-6,10-11,13H,7-9H2,1-2H3,(H,16,17). The van der Waals surface area contributed by atoms with Crippen molar-refractivity contribution in [1.29, 1.82) is 0 Å². The average molecular weight is 260 g/mol. The lowest BCUT2D eigenvalue weighted by atomic mass is 9.78. The first-order chi connectivity index (χ1) is 8.72. The molecule has 2 aliphatic rings. The summed E-state index contributed by atoms with van der Waals surface area (Å²) in [5, 5.41) is 5.32. The molecular weight excluding hydrogens is 240 g/mol. The lowest BCUT2D eigenvalue weighted by molar-refractivity contribution is 0.588. The lowest BCUT2D eigenvalue weighted by Crippen LogP contribution is -2.38. The summed E-state index contributed by atoms with van der Waals surface area (Å²) in [5.41, 5.74) is 3.01. The molecule has 1 aromatic carbocycles. The zero-order valence-electron chi connectivity index (χ0n) is 11.0. The van der Waals surface area contributed by atoms with Gasteiger partial charge in [0.15, 0.2) is 5.17 Å². The Morgan fingerprint density at radius 1 is 1.33 bits per heavy atom. The van der Waals surface area contributed by atoms with Gasteiger partial charge in [0.05, 0.1) is 0 Å². The van der Waals surface area contributed by atoms with Crippen molar-refractivity contribution in [3.63, 3.8) is 0 Å². The summed E-state index contributed by atoms with van der Waals surface area (Å²) in [5.74, 6) is 0.642. The fourth-order valence-corrected chi connectivity index (χ4v) is 4.03. The topological polar surface area (TPSA) is 24.4 Å². The second-order valence-corrected chi connectivity index (χ2v) is 6.88. The van der Waals surface area contributed by atoms with E-state index in [2.05, 4.69) is 43.4 Å². The van der Waals surface area contributed by atoms with E-state index in [4.69, 9.17) is 4.99 Å². The Morgan fingerprint density at radius 2 is 2.17 bits per heavy atom. The van der Waals surface area contributed by atoms with Crippen LogP contribution in [0.1, 0.15) is 37.3 Å². The Morgan fingerprint density at radius 3 is 2.94 bits per heavy atom. The van der Waals surface area contributed by atoms with Gasteiger partial charge in [-0.2, -0.15) is 0 Å². The Hall–Kier alpha value is -0.960. The molecule has 0 radical (unpaired) electrons. The molecule has 3 unspecified atom stereocenters. The summed E-state index contributed by atoms with van der Waals surface area (Å²) in [6.07, 6.45) is 2.43. The van der Waals surface area contributed by atoms with Gasteiger partial charge >= 0.3 is 0 Å².